The number of pyridine rings is 1. The lowest BCUT2D eigenvalue weighted by atomic mass is 10.0. The standard InChI is InChI=1S/C29H30N2O4/c1-20-4-6-21(7-5-20)8-11-24-16-23-12-15-26(35-3)17-27(23)31(29(24)33)19-28(32)30-18-22-9-13-25(34-2)14-10-22/h4-7,9-10,12-17H,8,11,18-19H2,1-3H3,(H,30,32). The van der Waals surface area contributed by atoms with Crippen LogP contribution in [-0.2, 0) is 30.7 Å². The molecular weight excluding hydrogens is 440 g/mol. The van der Waals surface area contributed by atoms with Gasteiger partial charge < -0.3 is 14.8 Å². The average molecular weight is 471 g/mol. The van der Waals surface area contributed by atoms with E-state index in [9.17, 15) is 9.59 Å². The van der Waals surface area contributed by atoms with Crippen molar-refractivity contribution in [1.82, 2.24) is 9.88 Å². The lowest BCUT2D eigenvalue weighted by Gasteiger charge is -2.14. The molecule has 1 aromatic heterocycles. The first-order valence-electron chi connectivity index (χ1n) is 11.6. The molecule has 0 unspecified atom stereocenters. The maximum absolute atomic E-state index is 13.5. The Balaban J connectivity index is 1.58. The van der Waals surface area contributed by atoms with Crippen LogP contribution in [0.2, 0.25) is 0 Å². The van der Waals surface area contributed by atoms with E-state index in [0.717, 1.165) is 23.1 Å². The zero-order valence-corrected chi connectivity index (χ0v) is 20.3. The Morgan fingerprint density at radius 3 is 2.17 bits per heavy atom. The molecule has 0 radical (unpaired) electrons. The van der Waals surface area contributed by atoms with Crippen LogP contribution in [0.4, 0.5) is 0 Å². The van der Waals surface area contributed by atoms with Gasteiger partial charge in [0.25, 0.3) is 5.56 Å². The van der Waals surface area contributed by atoms with Gasteiger partial charge >= 0.3 is 0 Å². The monoisotopic (exact) mass is 470 g/mol. The number of aromatic nitrogens is 1. The SMILES string of the molecule is COc1ccc(CNC(=O)Cn2c(=O)c(CCc3ccc(C)cc3)cc3ccc(OC)cc32)cc1. The number of carbonyl (C=O) groups excluding carboxylic acids is 1. The van der Waals surface area contributed by atoms with E-state index in [1.807, 2.05) is 42.5 Å². The van der Waals surface area contributed by atoms with Crippen LogP contribution in [0.15, 0.2) is 77.6 Å². The molecule has 4 rings (SSSR count). The summed E-state index contributed by atoms with van der Waals surface area (Å²) in [5, 5.41) is 3.81. The molecule has 180 valence electrons. The summed E-state index contributed by atoms with van der Waals surface area (Å²) in [7, 11) is 3.20. The second-order valence-electron chi connectivity index (χ2n) is 8.60. The second-order valence-corrected chi connectivity index (χ2v) is 8.60. The lowest BCUT2D eigenvalue weighted by Crippen LogP contribution is -2.33. The highest BCUT2D eigenvalue weighted by molar-refractivity contribution is 5.84. The molecule has 4 aromatic rings. The number of methoxy groups -OCH3 is 2. The van der Waals surface area contributed by atoms with Gasteiger partial charge in [0, 0.05) is 18.2 Å². The Bertz CT molecular complexity index is 1370. The molecule has 0 saturated heterocycles. The van der Waals surface area contributed by atoms with E-state index in [2.05, 4.69) is 36.5 Å². The number of rotatable bonds is 9. The molecule has 1 heterocycles. The third-order valence-corrected chi connectivity index (χ3v) is 6.13. The number of amides is 1. The fourth-order valence-corrected chi connectivity index (χ4v) is 4.05. The first kappa shape index (κ1) is 24.1. The minimum Gasteiger partial charge on any atom is -0.497 e. The van der Waals surface area contributed by atoms with Gasteiger partial charge in [0.1, 0.15) is 18.0 Å². The molecule has 0 bridgehead atoms. The van der Waals surface area contributed by atoms with Crippen molar-refractivity contribution < 1.29 is 14.3 Å². The average Bonchev–Trinajstić information content (AvgIpc) is 2.89. The predicted molar refractivity (Wildman–Crippen MR) is 138 cm³/mol. The van der Waals surface area contributed by atoms with Crippen molar-refractivity contribution in [2.75, 3.05) is 14.2 Å². The molecule has 35 heavy (non-hydrogen) atoms. The zero-order valence-electron chi connectivity index (χ0n) is 20.3. The van der Waals surface area contributed by atoms with Crippen LogP contribution in [0, 0.1) is 6.92 Å². The number of fused-ring (bicyclic) bond motifs is 1. The van der Waals surface area contributed by atoms with Gasteiger partial charge in [-0.2, -0.15) is 0 Å². The van der Waals surface area contributed by atoms with Crippen molar-refractivity contribution in [3.05, 3.63) is 105 Å². The quantitative estimate of drug-likeness (QED) is 0.393. The third-order valence-electron chi connectivity index (χ3n) is 6.13. The zero-order chi connectivity index (χ0) is 24.8. The molecule has 6 nitrogen and oxygen atoms in total. The lowest BCUT2D eigenvalue weighted by molar-refractivity contribution is -0.121. The van der Waals surface area contributed by atoms with Crippen LogP contribution in [0.1, 0.15) is 22.3 Å². The number of benzene rings is 3. The Labute approximate surface area is 205 Å². The molecule has 0 aliphatic heterocycles. The van der Waals surface area contributed by atoms with E-state index in [1.54, 1.807) is 24.9 Å². The summed E-state index contributed by atoms with van der Waals surface area (Å²) in [4.78, 5) is 26.3. The highest BCUT2D eigenvalue weighted by Crippen LogP contribution is 2.21. The molecule has 0 aliphatic carbocycles. The van der Waals surface area contributed by atoms with Gasteiger partial charge in [-0.05, 0) is 66.6 Å². The molecule has 0 aliphatic rings. The predicted octanol–water partition coefficient (Wildman–Crippen LogP) is 4.43. The Morgan fingerprint density at radius 1 is 0.829 bits per heavy atom. The number of aryl methyl sites for hydroxylation is 3. The molecule has 6 heteroatoms. The van der Waals surface area contributed by atoms with Crippen LogP contribution in [-0.4, -0.2) is 24.7 Å². The fraction of sp³-hybridized carbons (Fsp3) is 0.241. The summed E-state index contributed by atoms with van der Waals surface area (Å²) in [5.41, 5.74) is 4.53. The molecule has 1 N–H and O–H groups in total. The number of nitrogens with zero attached hydrogens (tertiary/aromatic N) is 1. The minimum atomic E-state index is -0.234. The molecular formula is C29H30N2O4. The molecule has 0 saturated carbocycles. The summed E-state index contributed by atoms with van der Waals surface area (Å²) in [6.45, 7) is 2.35. The molecule has 0 atom stereocenters. The van der Waals surface area contributed by atoms with E-state index in [1.165, 1.54) is 11.1 Å². The van der Waals surface area contributed by atoms with Crippen molar-refractivity contribution in [1.29, 1.82) is 0 Å². The maximum atomic E-state index is 13.5. The minimum absolute atomic E-state index is 0.0724. The highest BCUT2D eigenvalue weighted by Gasteiger charge is 2.14. The van der Waals surface area contributed by atoms with Gasteiger partial charge in [0.2, 0.25) is 5.91 Å². The number of hydrogen-bond donors (Lipinski definition) is 1. The van der Waals surface area contributed by atoms with E-state index in [4.69, 9.17) is 9.47 Å². The van der Waals surface area contributed by atoms with Crippen molar-refractivity contribution in [3.8, 4) is 11.5 Å². The summed E-state index contributed by atoms with van der Waals surface area (Å²) in [6, 6.07) is 23.4. The van der Waals surface area contributed by atoms with Gasteiger partial charge in [0.15, 0.2) is 0 Å². The molecule has 0 fully saturated rings. The second kappa shape index (κ2) is 10.9. The van der Waals surface area contributed by atoms with Gasteiger partial charge in [-0.25, -0.2) is 0 Å². The smallest absolute Gasteiger partial charge is 0.254 e. The van der Waals surface area contributed by atoms with E-state index < -0.39 is 0 Å². The number of hydrogen-bond acceptors (Lipinski definition) is 4. The maximum Gasteiger partial charge on any atom is 0.254 e. The third kappa shape index (κ3) is 5.90. The number of ether oxygens (including phenoxy) is 2. The van der Waals surface area contributed by atoms with Crippen molar-refractivity contribution >= 4 is 16.8 Å². The Morgan fingerprint density at radius 2 is 1.49 bits per heavy atom. The molecule has 1 amide bonds. The first-order chi connectivity index (χ1) is 17.0. The number of nitrogens with one attached hydrogen (secondary N) is 1. The van der Waals surface area contributed by atoms with E-state index in [-0.39, 0.29) is 18.0 Å². The summed E-state index contributed by atoms with van der Waals surface area (Å²) in [6.07, 6.45) is 1.35. The first-order valence-corrected chi connectivity index (χ1v) is 11.6. The molecule has 0 spiro atoms. The van der Waals surface area contributed by atoms with Gasteiger partial charge in [-0.3, -0.25) is 14.2 Å². The van der Waals surface area contributed by atoms with Gasteiger partial charge in [-0.1, -0.05) is 42.0 Å². The van der Waals surface area contributed by atoms with E-state index >= 15 is 0 Å². The topological polar surface area (TPSA) is 69.6 Å². The van der Waals surface area contributed by atoms with Crippen LogP contribution < -0.4 is 20.3 Å². The molecule has 3 aromatic carbocycles. The summed E-state index contributed by atoms with van der Waals surface area (Å²) < 4.78 is 12.1. The van der Waals surface area contributed by atoms with Crippen LogP contribution >= 0.6 is 0 Å². The van der Waals surface area contributed by atoms with Gasteiger partial charge in [-0.15, -0.1) is 0 Å². The number of carbonyl (C=O) groups is 1. The summed E-state index contributed by atoms with van der Waals surface area (Å²) >= 11 is 0. The van der Waals surface area contributed by atoms with Crippen molar-refractivity contribution in [3.63, 3.8) is 0 Å². The van der Waals surface area contributed by atoms with Crippen molar-refractivity contribution in [2.45, 2.75) is 32.9 Å². The summed E-state index contributed by atoms with van der Waals surface area (Å²) in [5.74, 6) is 1.16. The van der Waals surface area contributed by atoms with Crippen LogP contribution in [0.25, 0.3) is 10.9 Å². The highest BCUT2D eigenvalue weighted by atomic mass is 16.5. The van der Waals surface area contributed by atoms with Crippen molar-refractivity contribution in [2.24, 2.45) is 0 Å². The normalized spacial score (nSPS) is 10.8. The van der Waals surface area contributed by atoms with E-state index in [0.29, 0.717) is 29.8 Å². The fourth-order valence-electron chi connectivity index (χ4n) is 4.05. The Kier molecular flexibility index (Phi) is 7.51. The van der Waals surface area contributed by atoms with Crippen LogP contribution in [0.5, 0.6) is 11.5 Å². The largest absolute Gasteiger partial charge is 0.497 e. The Hall–Kier alpha value is -4.06. The van der Waals surface area contributed by atoms with Crippen LogP contribution in [0.3, 0.4) is 0 Å². The van der Waals surface area contributed by atoms with Gasteiger partial charge in [0.05, 0.1) is 19.7 Å².